The van der Waals surface area contributed by atoms with E-state index in [1.54, 1.807) is 0 Å². The summed E-state index contributed by atoms with van der Waals surface area (Å²) in [6, 6.07) is 2.66. The summed E-state index contributed by atoms with van der Waals surface area (Å²) in [6.45, 7) is 9.31. The molecule has 104 valence electrons. The quantitative estimate of drug-likeness (QED) is 0.778. The zero-order valence-electron chi connectivity index (χ0n) is 12.1. The molecule has 1 unspecified atom stereocenters. The Morgan fingerprint density at radius 3 is 2.63 bits per heavy atom. The van der Waals surface area contributed by atoms with Gasteiger partial charge in [-0.25, -0.2) is 9.97 Å². The Morgan fingerprint density at radius 1 is 1.21 bits per heavy atom. The van der Waals surface area contributed by atoms with Crippen LogP contribution in [0, 0.1) is 19.3 Å². The average Bonchev–Trinajstić information content (AvgIpc) is 2.67. The van der Waals surface area contributed by atoms with Gasteiger partial charge in [-0.2, -0.15) is 0 Å². The third-order valence-electron chi connectivity index (χ3n) is 4.94. The lowest BCUT2D eigenvalue weighted by Gasteiger charge is -2.39. The van der Waals surface area contributed by atoms with Gasteiger partial charge in [0, 0.05) is 37.6 Å². The number of aryl methyl sites for hydroxylation is 2. The Balaban J connectivity index is 1.86. The van der Waals surface area contributed by atoms with Crippen molar-refractivity contribution < 1.29 is 4.74 Å². The Bertz CT molecular complexity index is 448. The van der Waals surface area contributed by atoms with Crippen molar-refractivity contribution in [3.8, 4) is 0 Å². The molecule has 0 radical (unpaired) electrons. The monoisotopic (exact) mass is 261 g/mol. The van der Waals surface area contributed by atoms with Crippen LogP contribution in [-0.2, 0) is 4.74 Å². The summed E-state index contributed by atoms with van der Waals surface area (Å²) in [5.74, 6) is 1.97. The highest BCUT2D eigenvalue weighted by Gasteiger charge is 2.45. The summed E-state index contributed by atoms with van der Waals surface area (Å²) in [5, 5.41) is 0. The van der Waals surface area contributed by atoms with Gasteiger partial charge in [-0.15, -0.1) is 0 Å². The van der Waals surface area contributed by atoms with E-state index in [4.69, 9.17) is 4.74 Å². The van der Waals surface area contributed by atoms with Crippen LogP contribution in [0.3, 0.4) is 0 Å². The molecule has 0 saturated carbocycles. The van der Waals surface area contributed by atoms with E-state index in [0.717, 1.165) is 37.1 Å². The number of anilines is 1. The number of hydrogen-bond donors (Lipinski definition) is 0. The second-order valence-electron chi connectivity index (χ2n) is 6.01. The van der Waals surface area contributed by atoms with Crippen molar-refractivity contribution in [2.75, 3.05) is 24.7 Å². The van der Waals surface area contributed by atoms with Crippen LogP contribution in [0.1, 0.15) is 37.7 Å². The first-order valence-electron chi connectivity index (χ1n) is 7.27. The van der Waals surface area contributed by atoms with Crippen molar-refractivity contribution in [1.29, 1.82) is 0 Å². The van der Waals surface area contributed by atoms with Crippen LogP contribution in [0.2, 0.25) is 0 Å². The van der Waals surface area contributed by atoms with E-state index in [2.05, 4.69) is 27.9 Å². The van der Waals surface area contributed by atoms with Gasteiger partial charge in [0.1, 0.15) is 11.6 Å². The lowest BCUT2D eigenvalue weighted by molar-refractivity contribution is 0.0128. The molecule has 3 heterocycles. The van der Waals surface area contributed by atoms with Crippen molar-refractivity contribution in [2.45, 2.75) is 46.1 Å². The van der Waals surface area contributed by atoms with Crippen molar-refractivity contribution >= 4 is 5.82 Å². The maximum atomic E-state index is 5.54. The third-order valence-corrected chi connectivity index (χ3v) is 4.94. The average molecular weight is 261 g/mol. The SMILES string of the molecule is Cc1cc(N2CCC3(CCOCC3)C2C)nc(C)n1. The fourth-order valence-corrected chi connectivity index (χ4v) is 3.68. The molecular formula is C15H23N3O. The van der Waals surface area contributed by atoms with Crippen LogP contribution in [0.5, 0.6) is 0 Å². The molecule has 3 rings (SSSR count). The predicted molar refractivity (Wildman–Crippen MR) is 75.4 cm³/mol. The Morgan fingerprint density at radius 2 is 1.95 bits per heavy atom. The van der Waals surface area contributed by atoms with E-state index in [1.807, 2.05) is 13.8 Å². The Labute approximate surface area is 115 Å². The van der Waals surface area contributed by atoms with Gasteiger partial charge in [0.15, 0.2) is 0 Å². The Hall–Kier alpha value is -1.16. The van der Waals surface area contributed by atoms with E-state index in [9.17, 15) is 0 Å². The van der Waals surface area contributed by atoms with E-state index >= 15 is 0 Å². The van der Waals surface area contributed by atoms with Crippen molar-refractivity contribution in [1.82, 2.24) is 9.97 Å². The fraction of sp³-hybridized carbons (Fsp3) is 0.733. The number of nitrogens with zero attached hydrogens (tertiary/aromatic N) is 3. The molecule has 19 heavy (non-hydrogen) atoms. The molecule has 1 spiro atoms. The van der Waals surface area contributed by atoms with Crippen LogP contribution < -0.4 is 4.90 Å². The number of ether oxygens (including phenoxy) is 1. The third kappa shape index (κ3) is 2.22. The zero-order chi connectivity index (χ0) is 13.5. The molecule has 2 saturated heterocycles. The van der Waals surface area contributed by atoms with Gasteiger partial charge in [-0.3, -0.25) is 0 Å². The molecule has 2 fully saturated rings. The van der Waals surface area contributed by atoms with Gasteiger partial charge in [-0.1, -0.05) is 0 Å². The second-order valence-corrected chi connectivity index (χ2v) is 6.01. The van der Waals surface area contributed by atoms with Crippen LogP contribution in [0.25, 0.3) is 0 Å². The molecular weight excluding hydrogens is 238 g/mol. The highest BCUT2D eigenvalue weighted by molar-refractivity contribution is 5.43. The topological polar surface area (TPSA) is 38.2 Å². The van der Waals surface area contributed by atoms with Gasteiger partial charge >= 0.3 is 0 Å². The molecule has 1 atom stereocenters. The zero-order valence-corrected chi connectivity index (χ0v) is 12.1. The van der Waals surface area contributed by atoms with Gasteiger partial charge < -0.3 is 9.64 Å². The molecule has 4 heteroatoms. The highest BCUT2D eigenvalue weighted by Crippen LogP contribution is 2.45. The van der Waals surface area contributed by atoms with Crippen LogP contribution >= 0.6 is 0 Å². The number of hydrogen-bond acceptors (Lipinski definition) is 4. The van der Waals surface area contributed by atoms with Gasteiger partial charge in [0.25, 0.3) is 0 Å². The van der Waals surface area contributed by atoms with Crippen LogP contribution in [0.4, 0.5) is 5.82 Å². The predicted octanol–water partition coefficient (Wildman–Crippen LogP) is 2.49. The molecule has 1 aromatic rings. The lowest BCUT2D eigenvalue weighted by Crippen LogP contribution is -2.41. The largest absolute Gasteiger partial charge is 0.381 e. The van der Waals surface area contributed by atoms with E-state index in [-0.39, 0.29) is 0 Å². The highest BCUT2D eigenvalue weighted by atomic mass is 16.5. The molecule has 2 aliphatic heterocycles. The first-order chi connectivity index (χ1) is 9.11. The van der Waals surface area contributed by atoms with E-state index < -0.39 is 0 Å². The smallest absolute Gasteiger partial charge is 0.132 e. The summed E-state index contributed by atoms with van der Waals surface area (Å²) in [6.07, 6.45) is 3.64. The summed E-state index contributed by atoms with van der Waals surface area (Å²) in [7, 11) is 0. The molecule has 0 aliphatic carbocycles. The van der Waals surface area contributed by atoms with Crippen molar-refractivity contribution in [2.24, 2.45) is 5.41 Å². The van der Waals surface area contributed by atoms with E-state index in [1.165, 1.54) is 19.3 Å². The lowest BCUT2D eigenvalue weighted by atomic mass is 9.74. The summed E-state index contributed by atoms with van der Waals surface area (Å²) in [4.78, 5) is 11.5. The summed E-state index contributed by atoms with van der Waals surface area (Å²) < 4.78 is 5.54. The Kier molecular flexibility index (Phi) is 3.21. The van der Waals surface area contributed by atoms with Crippen LogP contribution in [0.15, 0.2) is 6.07 Å². The molecule has 0 N–H and O–H groups in total. The van der Waals surface area contributed by atoms with E-state index in [0.29, 0.717) is 11.5 Å². The molecule has 2 aliphatic rings. The normalized spacial score (nSPS) is 26.1. The van der Waals surface area contributed by atoms with Crippen molar-refractivity contribution in [3.63, 3.8) is 0 Å². The molecule has 1 aromatic heterocycles. The molecule has 4 nitrogen and oxygen atoms in total. The fourth-order valence-electron chi connectivity index (χ4n) is 3.68. The maximum absolute atomic E-state index is 5.54. The van der Waals surface area contributed by atoms with Crippen LogP contribution in [-0.4, -0.2) is 35.8 Å². The maximum Gasteiger partial charge on any atom is 0.132 e. The molecule has 0 bridgehead atoms. The first kappa shape index (κ1) is 12.9. The van der Waals surface area contributed by atoms with Gasteiger partial charge in [0.2, 0.25) is 0 Å². The van der Waals surface area contributed by atoms with Gasteiger partial charge in [-0.05, 0) is 45.4 Å². The number of rotatable bonds is 1. The van der Waals surface area contributed by atoms with Gasteiger partial charge in [0.05, 0.1) is 0 Å². The number of aromatic nitrogens is 2. The van der Waals surface area contributed by atoms with Crippen molar-refractivity contribution in [3.05, 3.63) is 17.6 Å². The molecule has 0 aromatic carbocycles. The second kappa shape index (κ2) is 4.75. The minimum Gasteiger partial charge on any atom is -0.381 e. The summed E-state index contributed by atoms with van der Waals surface area (Å²) >= 11 is 0. The summed E-state index contributed by atoms with van der Waals surface area (Å²) in [5.41, 5.74) is 1.49. The molecule has 0 amide bonds. The first-order valence-corrected chi connectivity index (χ1v) is 7.27. The standard InChI is InChI=1S/C15H23N3O/c1-11-10-14(17-13(3)16-11)18-7-4-15(12(18)2)5-8-19-9-6-15/h10,12H,4-9H2,1-3H3. The minimum atomic E-state index is 0.436. The minimum absolute atomic E-state index is 0.436.